The van der Waals surface area contributed by atoms with Crippen LogP contribution in [0.1, 0.15) is 40.2 Å². The Bertz CT molecular complexity index is 1340. The van der Waals surface area contributed by atoms with Crippen LogP contribution >= 0.6 is 11.3 Å². The van der Waals surface area contributed by atoms with Gasteiger partial charge in [0.25, 0.3) is 5.56 Å². The van der Waals surface area contributed by atoms with Crippen molar-refractivity contribution in [3.05, 3.63) is 55.9 Å². The molecule has 1 aliphatic carbocycles. The standard InChI is InChI=1S/C23H28N4O3S2/c1-15-16(2)31-23-21(15)22(28)24-20(25-23)14-26-9-11-27(12-10-26)32(29,30)19-8-7-17-5-3-4-6-18(17)13-19/h7-8,13H,3-6,9-12,14H2,1-2H3,(H,24,25,28). The molecule has 0 amide bonds. The Kier molecular flexibility index (Phi) is 5.69. The lowest BCUT2D eigenvalue weighted by atomic mass is 9.92. The first-order chi connectivity index (χ1) is 15.3. The van der Waals surface area contributed by atoms with Crippen LogP contribution in [0.5, 0.6) is 0 Å². The summed E-state index contributed by atoms with van der Waals surface area (Å²) in [5, 5.41) is 0.678. The molecule has 0 bridgehead atoms. The highest BCUT2D eigenvalue weighted by Crippen LogP contribution is 2.27. The Labute approximate surface area is 192 Å². The number of benzene rings is 1. The van der Waals surface area contributed by atoms with Gasteiger partial charge >= 0.3 is 0 Å². The number of thiophene rings is 1. The molecule has 1 fully saturated rings. The zero-order chi connectivity index (χ0) is 22.5. The Hall–Kier alpha value is -2.07. The van der Waals surface area contributed by atoms with Crippen molar-refractivity contribution < 1.29 is 8.42 Å². The van der Waals surface area contributed by atoms with Crippen LogP contribution in [0.2, 0.25) is 0 Å². The maximum Gasteiger partial charge on any atom is 0.259 e. The summed E-state index contributed by atoms with van der Waals surface area (Å²) in [5.74, 6) is 0.634. The maximum absolute atomic E-state index is 13.2. The van der Waals surface area contributed by atoms with Crippen molar-refractivity contribution in [1.29, 1.82) is 0 Å². The van der Waals surface area contributed by atoms with Crippen molar-refractivity contribution in [2.24, 2.45) is 0 Å². The minimum atomic E-state index is -3.49. The third-order valence-electron chi connectivity index (χ3n) is 6.75. The average Bonchev–Trinajstić information content (AvgIpc) is 3.07. The molecule has 7 nitrogen and oxygen atoms in total. The van der Waals surface area contributed by atoms with Crippen LogP contribution in [0.15, 0.2) is 27.9 Å². The van der Waals surface area contributed by atoms with Crippen molar-refractivity contribution in [3.63, 3.8) is 0 Å². The Morgan fingerprint density at radius 3 is 2.53 bits per heavy atom. The molecule has 0 spiro atoms. The first kappa shape index (κ1) is 21.8. The number of aryl methyl sites for hydroxylation is 4. The second kappa shape index (κ2) is 8.37. The molecule has 1 N–H and O–H groups in total. The Morgan fingerprint density at radius 2 is 1.78 bits per heavy atom. The molecule has 1 aromatic carbocycles. The van der Waals surface area contributed by atoms with E-state index in [9.17, 15) is 13.2 Å². The van der Waals surface area contributed by atoms with E-state index >= 15 is 0 Å². The van der Waals surface area contributed by atoms with Crippen LogP contribution in [-0.4, -0.2) is 53.8 Å². The zero-order valence-electron chi connectivity index (χ0n) is 18.5. The van der Waals surface area contributed by atoms with Crippen molar-refractivity contribution in [3.8, 4) is 0 Å². The van der Waals surface area contributed by atoms with E-state index in [1.54, 1.807) is 21.7 Å². The fourth-order valence-corrected chi connectivity index (χ4v) is 7.26. The summed E-state index contributed by atoms with van der Waals surface area (Å²) in [6, 6.07) is 5.63. The number of rotatable bonds is 4. The van der Waals surface area contributed by atoms with Gasteiger partial charge in [0.05, 0.1) is 16.8 Å². The lowest BCUT2D eigenvalue weighted by Crippen LogP contribution is -2.48. The van der Waals surface area contributed by atoms with Gasteiger partial charge in [0, 0.05) is 31.1 Å². The second-order valence-electron chi connectivity index (χ2n) is 8.79. The highest BCUT2D eigenvalue weighted by atomic mass is 32.2. The second-order valence-corrected chi connectivity index (χ2v) is 11.9. The third-order valence-corrected chi connectivity index (χ3v) is 9.75. The summed E-state index contributed by atoms with van der Waals surface area (Å²) in [6.45, 7) is 6.54. The Morgan fingerprint density at radius 1 is 1.06 bits per heavy atom. The van der Waals surface area contributed by atoms with Crippen molar-refractivity contribution in [2.45, 2.75) is 51.0 Å². The van der Waals surface area contributed by atoms with Gasteiger partial charge in [-0.3, -0.25) is 9.69 Å². The molecule has 32 heavy (non-hydrogen) atoms. The van der Waals surface area contributed by atoms with Crippen LogP contribution in [-0.2, 0) is 29.4 Å². The molecule has 0 unspecified atom stereocenters. The summed E-state index contributed by atoms with van der Waals surface area (Å²) < 4.78 is 28.0. The molecule has 0 radical (unpaired) electrons. The summed E-state index contributed by atoms with van der Waals surface area (Å²) >= 11 is 1.54. The fraction of sp³-hybridized carbons (Fsp3) is 0.478. The molecule has 2 aliphatic rings. The number of hydrogen-bond donors (Lipinski definition) is 1. The first-order valence-electron chi connectivity index (χ1n) is 11.2. The lowest BCUT2D eigenvalue weighted by Gasteiger charge is -2.33. The van der Waals surface area contributed by atoms with Crippen molar-refractivity contribution in [1.82, 2.24) is 19.2 Å². The van der Waals surface area contributed by atoms with Gasteiger partial charge in [-0.2, -0.15) is 4.31 Å². The van der Waals surface area contributed by atoms with Gasteiger partial charge in [0.15, 0.2) is 0 Å². The van der Waals surface area contributed by atoms with E-state index in [2.05, 4.69) is 14.9 Å². The zero-order valence-corrected chi connectivity index (χ0v) is 20.1. The number of fused-ring (bicyclic) bond motifs is 2. The molecule has 0 saturated carbocycles. The molecule has 1 aliphatic heterocycles. The van der Waals surface area contributed by atoms with Crippen LogP contribution in [0.4, 0.5) is 0 Å². The number of hydrogen-bond acceptors (Lipinski definition) is 6. The number of aromatic nitrogens is 2. The molecule has 0 atom stereocenters. The van der Waals surface area contributed by atoms with Gasteiger partial charge in [-0.25, -0.2) is 13.4 Å². The number of nitrogens with one attached hydrogen (secondary N) is 1. The van der Waals surface area contributed by atoms with E-state index in [-0.39, 0.29) is 5.56 Å². The van der Waals surface area contributed by atoms with Gasteiger partial charge in [-0.1, -0.05) is 6.07 Å². The smallest absolute Gasteiger partial charge is 0.259 e. The number of H-pyrrole nitrogens is 1. The third kappa shape index (κ3) is 3.91. The minimum Gasteiger partial charge on any atom is -0.309 e. The SMILES string of the molecule is Cc1sc2nc(CN3CCN(S(=O)(=O)c4ccc5c(c4)CCCC5)CC3)[nH]c(=O)c2c1C. The molecule has 9 heteroatoms. The highest BCUT2D eigenvalue weighted by Gasteiger charge is 2.29. The largest absolute Gasteiger partial charge is 0.309 e. The van der Waals surface area contributed by atoms with Crippen LogP contribution in [0, 0.1) is 13.8 Å². The number of piperazine rings is 1. The fourth-order valence-electron chi connectivity index (χ4n) is 4.73. The van der Waals surface area contributed by atoms with E-state index in [1.165, 1.54) is 17.5 Å². The average molecular weight is 473 g/mol. The number of aromatic amines is 1. The van der Waals surface area contributed by atoms with E-state index < -0.39 is 10.0 Å². The van der Waals surface area contributed by atoms with E-state index in [4.69, 9.17) is 0 Å². The van der Waals surface area contributed by atoms with E-state index in [1.807, 2.05) is 26.0 Å². The quantitative estimate of drug-likeness (QED) is 0.631. The summed E-state index contributed by atoms with van der Waals surface area (Å²) in [4.78, 5) is 24.5. The molecule has 170 valence electrons. The summed E-state index contributed by atoms with van der Waals surface area (Å²) in [6.07, 6.45) is 4.31. The van der Waals surface area contributed by atoms with Crippen molar-refractivity contribution >= 4 is 31.6 Å². The normalized spacial score (nSPS) is 18.2. The molecular weight excluding hydrogens is 444 g/mol. The topological polar surface area (TPSA) is 86.4 Å². The van der Waals surface area contributed by atoms with Crippen LogP contribution in [0.3, 0.4) is 0 Å². The Balaban J connectivity index is 1.28. The molecule has 2 aromatic heterocycles. The number of sulfonamides is 1. The molecular formula is C23H28N4O3S2. The van der Waals surface area contributed by atoms with Gasteiger partial charge in [-0.15, -0.1) is 11.3 Å². The highest BCUT2D eigenvalue weighted by molar-refractivity contribution is 7.89. The monoisotopic (exact) mass is 472 g/mol. The van der Waals surface area contributed by atoms with Crippen LogP contribution < -0.4 is 5.56 Å². The molecule has 3 aromatic rings. The van der Waals surface area contributed by atoms with Crippen molar-refractivity contribution in [2.75, 3.05) is 26.2 Å². The number of nitrogens with zero attached hydrogens (tertiary/aromatic N) is 3. The summed E-state index contributed by atoms with van der Waals surface area (Å²) in [5.41, 5.74) is 3.36. The predicted molar refractivity (Wildman–Crippen MR) is 127 cm³/mol. The predicted octanol–water partition coefficient (Wildman–Crippen LogP) is 2.99. The molecule has 1 saturated heterocycles. The van der Waals surface area contributed by atoms with E-state index in [0.29, 0.717) is 48.8 Å². The van der Waals surface area contributed by atoms with Gasteiger partial charge in [0.1, 0.15) is 10.7 Å². The maximum atomic E-state index is 13.2. The summed E-state index contributed by atoms with van der Waals surface area (Å²) in [7, 11) is -3.49. The molecule has 3 heterocycles. The lowest BCUT2D eigenvalue weighted by molar-refractivity contribution is 0.178. The molecule has 5 rings (SSSR count). The van der Waals surface area contributed by atoms with Gasteiger partial charge in [0.2, 0.25) is 10.0 Å². The minimum absolute atomic E-state index is 0.0968. The van der Waals surface area contributed by atoms with Crippen LogP contribution in [0.25, 0.3) is 10.2 Å². The first-order valence-corrected chi connectivity index (χ1v) is 13.4. The van der Waals surface area contributed by atoms with Gasteiger partial charge < -0.3 is 4.98 Å². The van der Waals surface area contributed by atoms with E-state index in [0.717, 1.165) is 34.5 Å². The van der Waals surface area contributed by atoms with Gasteiger partial charge in [-0.05, 0) is 68.4 Å².